The highest BCUT2D eigenvalue weighted by Gasteiger charge is 2.24. The first-order valence-electron chi connectivity index (χ1n) is 5.97. The quantitative estimate of drug-likeness (QED) is 0.869. The molecule has 1 atom stereocenters. The number of hydrogen-bond acceptors (Lipinski definition) is 3. The number of benzene rings is 1. The first kappa shape index (κ1) is 12.6. The molecule has 0 amide bonds. The second kappa shape index (κ2) is 4.78. The predicted molar refractivity (Wildman–Crippen MR) is 73.1 cm³/mol. The minimum absolute atomic E-state index is 0.454. The Kier molecular flexibility index (Phi) is 3.34. The van der Waals surface area contributed by atoms with Gasteiger partial charge in [-0.15, -0.1) is 0 Å². The van der Waals surface area contributed by atoms with Gasteiger partial charge >= 0.3 is 0 Å². The minimum atomic E-state index is -0.940. The summed E-state index contributed by atoms with van der Waals surface area (Å²) in [6.07, 6.45) is 3.81. The van der Waals surface area contributed by atoms with Crippen LogP contribution in [0.2, 0.25) is 0 Å². The number of aromatic nitrogens is 1. The van der Waals surface area contributed by atoms with Crippen molar-refractivity contribution in [2.45, 2.75) is 25.9 Å². The molecule has 2 rings (SSSR count). The second-order valence-corrected chi connectivity index (χ2v) is 4.89. The van der Waals surface area contributed by atoms with E-state index in [1.807, 2.05) is 31.2 Å². The maximum absolute atomic E-state index is 10.6. The smallest absolute Gasteiger partial charge is 0.0910 e. The monoisotopic (exact) mass is 242 g/mol. The number of hydrogen-bond donors (Lipinski definition) is 2. The van der Waals surface area contributed by atoms with Gasteiger partial charge < -0.3 is 10.8 Å². The maximum Gasteiger partial charge on any atom is 0.0910 e. The van der Waals surface area contributed by atoms with Gasteiger partial charge in [0.2, 0.25) is 0 Å². The second-order valence-electron chi connectivity index (χ2n) is 4.89. The van der Waals surface area contributed by atoms with Gasteiger partial charge in [-0.1, -0.05) is 29.8 Å². The SMILES string of the molecule is Cc1ccc(C(C)(O)Cc2cnccc2N)cc1. The molecule has 0 spiro atoms. The van der Waals surface area contributed by atoms with E-state index in [0.29, 0.717) is 12.1 Å². The van der Waals surface area contributed by atoms with Crippen molar-refractivity contribution in [2.75, 3.05) is 5.73 Å². The highest BCUT2D eigenvalue weighted by atomic mass is 16.3. The van der Waals surface area contributed by atoms with E-state index in [4.69, 9.17) is 5.73 Å². The minimum Gasteiger partial charge on any atom is -0.398 e. The molecule has 0 radical (unpaired) electrons. The molecule has 0 aliphatic heterocycles. The average Bonchev–Trinajstić information content (AvgIpc) is 2.32. The van der Waals surface area contributed by atoms with Crippen molar-refractivity contribution >= 4 is 5.69 Å². The van der Waals surface area contributed by atoms with Crippen LogP contribution in [0.4, 0.5) is 5.69 Å². The van der Waals surface area contributed by atoms with E-state index >= 15 is 0 Å². The number of nitrogen functional groups attached to an aromatic ring is 1. The molecule has 0 saturated carbocycles. The fourth-order valence-electron chi connectivity index (χ4n) is 1.97. The van der Waals surface area contributed by atoms with E-state index in [1.54, 1.807) is 25.4 Å². The van der Waals surface area contributed by atoms with Crippen molar-refractivity contribution in [1.82, 2.24) is 4.98 Å². The van der Waals surface area contributed by atoms with Crippen molar-refractivity contribution < 1.29 is 5.11 Å². The Morgan fingerprint density at radius 1 is 1.22 bits per heavy atom. The van der Waals surface area contributed by atoms with E-state index in [9.17, 15) is 5.11 Å². The molecule has 0 aliphatic carbocycles. The summed E-state index contributed by atoms with van der Waals surface area (Å²) in [4.78, 5) is 4.05. The van der Waals surface area contributed by atoms with Crippen LogP contribution in [-0.4, -0.2) is 10.1 Å². The fraction of sp³-hybridized carbons (Fsp3) is 0.267. The summed E-state index contributed by atoms with van der Waals surface area (Å²) in [5.41, 5.74) is 8.53. The molecule has 3 nitrogen and oxygen atoms in total. The van der Waals surface area contributed by atoms with Crippen LogP contribution in [-0.2, 0) is 12.0 Å². The molecule has 0 aliphatic rings. The van der Waals surface area contributed by atoms with Gasteiger partial charge in [-0.3, -0.25) is 4.98 Å². The number of nitrogens with two attached hydrogens (primary N) is 1. The molecule has 1 unspecified atom stereocenters. The van der Waals surface area contributed by atoms with Gasteiger partial charge in [0.15, 0.2) is 0 Å². The molecule has 0 fully saturated rings. The number of rotatable bonds is 3. The lowest BCUT2D eigenvalue weighted by molar-refractivity contribution is 0.0577. The molecular weight excluding hydrogens is 224 g/mol. The summed E-state index contributed by atoms with van der Waals surface area (Å²) < 4.78 is 0. The number of aryl methyl sites for hydroxylation is 1. The lowest BCUT2D eigenvalue weighted by Crippen LogP contribution is -2.24. The third-order valence-electron chi connectivity index (χ3n) is 3.15. The Labute approximate surface area is 107 Å². The molecule has 3 heteroatoms. The number of nitrogens with zero attached hydrogens (tertiary/aromatic N) is 1. The van der Waals surface area contributed by atoms with E-state index in [2.05, 4.69) is 4.98 Å². The van der Waals surface area contributed by atoms with Crippen molar-refractivity contribution in [2.24, 2.45) is 0 Å². The topological polar surface area (TPSA) is 59.1 Å². The van der Waals surface area contributed by atoms with Crippen LogP contribution in [0, 0.1) is 6.92 Å². The first-order valence-corrected chi connectivity index (χ1v) is 5.97. The summed E-state index contributed by atoms with van der Waals surface area (Å²) >= 11 is 0. The number of aliphatic hydroxyl groups is 1. The molecule has 18 heavy (non-hydrogen) atoms. The largest absolute Gasteiger partial charge is 0.398 e. The first-order chi connectivity index (χ1) is 8.49. The Hall–Kier alpha value is -1.87. The van der Waals surface area contributed by atoms with Crippen LogP contribution in [0.25, 0.3) is 0 Å². The summed E-state index contributed by atoms with van der Waals surface area (Å²) in [5.74, 6) is 0. The Morgan fingerprint density at radius 3 is 2.50 bits per heavy atom. The van der Waals surface area contributed by atoms with Gasteiger partial charge in [-0.25, -0.2) is 0 Å². The van der Waals surface area contributed by atoms with E-state index in [0.717, 1.165) is 11.1 Å². The molecule has 0 bridgehead atoms. The van der Waals surface area contributed by atoms with Crippen LogP contribution < -0.4 is 5.73 Å². The molecule has 1 aromatic heterocycles. The highest BCUT2D eigenvalue weighted by molar-refractivity contribution is 5.45. The summed E-state index contributed by atoms with van der Waals surface area (Å²) in [7, 11) is 0. The molecule has 1 heterocycles. The summed E-state index contributed by atoms with van der Waals surface area (Å²) in [5, 5.41) is 10.6. The normalized spacial score (nSPS) is 14.2. The zero-order valence-electron chi connectivity index (χ0n) is 10.7. The number of pyridine rings is 1. The molecule has 94 valence electrons. The van der Waals surface area contributed by atoms with E-state index < -0.39 is 5.60 Å². The van der Waals surface area contributed by atoms with Crippen LogP contribution in [0.3, 0.4) is 0 Å². The van der Waals surface area contributed by atoms with Gasteiger partial charge in [0.05, 0.1) is 5.60 Å². The van der Waals surface area contributed by atoms with E-state index in [1.165, 1.54) is 5.56 Å². The third-order valence-corrected chi connectivity index (χ3v) is 3.15. The molecule has 3 N–H and O–H groups in total. The Balaban J connectivity index is 2.27. The zero-order chi connectivity index (χ0) is 13.2. The van der Waals surface area contributed by atoms with Gasteiger partial charge in [0.1, 0.15) is 0 Å². The Morgan fingerprint density at radius 2 is 1.89 bits per heavy atom. The molecular formula is C15H18N2O. The number of anilines is 1. The van der Waals surface area contributed by atoms with Crippen LogP contribution in [0.1, 0.15) is 23.6 Å². The van der Waals surface area contributed by atoms with Gasteiger partial charge in [-0.05, 0) is 31.0 Å². The van der Waals surface area contributed by atoms with Crippen molar-refractivity contribution in [3.05, 3.63) is 59.4 Å². The maximum atomic E-state index is 10.6. The van der Waals surface area contributed by atoms with Crippen LogP contribution >= 0.6 is 0 Å². The Bertz CT molecular complexity index is 532. The lowest BCUT2D eigenvalue weighted by Gasteiger charge is -2.24. The zero-order valence-corrected chi connectivity index (χ0v) is 10.7. The molecule has 1 aromatic carbocycles. The van der Waals surface area contributed by atoms with Crippen molar-refractivity contribution in [3.63, 3.8) is 0 Å². The van der Waals surface area contributed by atoms with Crippen LogP contribution in [0.5, 0.6) is 0 Å². The van der Waals surface area contributed by atoms with Gasteiger partial charge in [0, 0.05) is 24.5 Å². The fourth-order valence-corrected chi connectivity index (χ4v) is 1.97. The van der Waals surface area contributed by atoms with Gasteiger partial charge in [0.25, 0.3) is 0 Å². The van der Waals surface area contributed by atoms with Gasteiger partial charge in [-0.2, -0.15) is 0 Å². The van der Waals surface area contributed by atoms with E-state index in [-0.39, 0.29) is 0 Å². The molecule has 2 aromatic rings. The van der Waals surface area contributed by atoms with Crippen molar-refractivity contribution in [3.8, 4) is 0 Å². The van der Waals surface area contributed by atoms with Crippen molar-refractivity contribution in [1.29, 1.82) is 0 Å². The lowest BCUT2D eigenvalue weighted by atomic mass is 9.89. The summed E-state index contributed by atoms with van der Waals surface area (Å²) in [6, 6.07) is 9.64. The molecule has 0 saturated heterocycles. The average molecular weight is 242 g/mol. The predicted octanol–water partition coefficient (Wildman–Crippen LogP) is 2.42. The summed E-state index contributed by atoms with van der Waals surface area (Å²) in [6.45, 7) is 3.82. The third kappa shape index (κ3) is 2.68. The highest BCUT2D eigenvalue weighted by Crippen LogP contribution is 2.27. The standard InChI is InChI=1S/C15H18N2O/c1-11-3-5-13(6-4-11)15(2,18)9-12-10-17-8-7-14(12)16/h3-8,10,18H,9H2,1-2H3,(H2,16,17). The van der Waals surface area contributed by atoms with Crippen LogP contribution in [0.15, 0.2) is 42.7 Å².